The van der Waals surface area contributed by atoms with Gasteiger partial charge in [0.1, 0.15) is 11.4 Å². The summed E-state index contributed by atoms with van der Waals surface area (Å²) < 4.78 is 5.11. The van der Waals surface area contributed by atoms with Crippen molar-refractivity contribution >= 4 is 17.7 Å². The third-order valence-electron chi connectivity index (χ3n) is 2.38. The molecule has 1 aromatic rings. The van der Waals surface area contributed by atoms with Crippen LogP contribution in [0.15, 0.2) is 22.8 Å². The molecule has 16 heavy (non-hydrogen) atoms. The molecular weight excluding hydrogens is 226 g/mol. The molecule has 4 nitrogen and oxygen atoms in total. The Morgan fingerprint density at radius 3 is 2.94 bits per heavy atom. The summed E-state index contributed by atoms with van der Waals surface area (Å²) in [7, 11) is 0. The summed E-state index contributed by atoms with van der Waals surface area (Å²) in [6.45, 7) is 3.57. The number of furan rings is 1. The quantitative estimate of drug-likeness (QED) is 0.819. The molecule has 2 N–H and O–H groups in total. The Morgan fingerprint density at radius 2 is 2.44 bits per heavy atom. The van der Waals surface area contributed by atoms with E-state index in [4.69, 9.17) is 4.42 Å². The van der Waals surface area contributed by atoms with E-state index in [1.807, 2.05) is 13.2 Å². The maximum absolute atomic E-state index is 11.5. The first-order chi connectivity index (χ1) is 7.47. The minimum absolute atomic E-state index is 0.0840. The number of rotatable bonds is 5. The van der Waals surface area contributed by atoms with Crippen LogP contribution in [0.5, 0.6) is 0 Å². The van der Waals surface area contributed by atoms with Crippen LogP contribution in [0.3, 0.4) is 0 Å². The fourth-order valence-corrected chi connectivity index (χ4v) is 1.48. The van der Waals surface area contributed by atoms with E-state index in [1.54, 1.807) is 19.1 Å². The lowest BCUT2D eigenvalue weighted by Crippen LogP contribution is -2.41. The number of hydrogen-bond donors (Lipinski definition) is 2. The molecule has 5 heteroatoms. The molecule has 2 unspecified atom stereocenters. The van der Waals surface area contributed by atoms with E-state index in [0.717, 1.165) is 0 Å². The van der Waals surface area contributed by atoms with Gasteiger partial charge in [-0.2, -0.15) is 11.8 Å². The molecule has 0 aliphatic rings. The van der Waals surface area contributed by atoms with Gasteiger partial charge in [0, 0.05) is 0 Å². The van der Waals surface area contributed by atoms with Gasteiger partial charge in [-0.3, -0.25) is 4.79 Å². The molecule has 0 saturated carbocycles. The van der Waals surface area contributed by atoms with Crippen molar-refractivity contribution < 1.29 is 14.3 Å². The summed E-state index contributed by atoms with van der Waals surface area (Å²) in [5.41, 5.74) is -1.17. The first-order valence-electron chi connectivity index (χ1n) is 5.04. The lowest BCUT2D eigenvalue weighted by molar-refractivity contribution is -0.121. The maximum Gasteiger partial charge on any atom is 0.232 e. The van der Waals surface area contributed by atoms with Crippen LogP contribution in [-0.4, -0.2) is 29.1 Å². The molecule has 90 valence electrons. The highest BCUT2D eigenvalue weighted by atomic mass is 32.2. The fraction of sp³-hybridized carbons (Fsp3) is 0.545. The van der Waals surface area contributed by atoms with Crippen molar-refractivity contribution in [2.45, 2.75) is 24.7 Å². The third kappa shape index (κ3) is 3.28. The molecule has 2 atom stereocenters. The second-order valence-electron chi connectivity index (χ2n) is 3.85. The van der Waals surface area contributed by atoms with Gasteiger partial charge in [0.25, 0.3) is 0 Å². The molecule has 1 amide bonds. The van der Waals surface area contributed by atoms with Crippen molar-refractivity contribution in [2.75, 3.05) is 12.8 Å². The van der Waals surface area contributed by atoms with Crippen molar-refractivity contribution in [1.82, 2.24) is 5.32 Å². The minimum atomic E-state index is -1.17. The van der Waals surface area contributed by atoms with Crippen LogP contribution >= 0.6 is 11.8 Å². The van der Waals surface area contributed by atoms with Gasteiger partial charge in [-0.1, -0.05) is 0 Å². The Bertz CT molecular complexity index is 335. The van der Waals surface area contributed by atoms with Gasteiger partial charge in [-0.25, -0.2) is 0 Å². The van der Waals surface area contributed by atoms with Crippen LogP contribution in [0.25, 0.3) is 0 Å². The third-order valence-corrected chi connectivity index (χ3v) is 3.30. The summed E-state index contributed by atoms with van der Waals surface area (Å²) in [5.74, 6) is 0.365. The van der Waals surface area contributed by atoms with E-state index >= 15 is 0 Å². The number of carbonyl (C=O) groups excluding carboxylic acids is 1. The van der Waals surface area contributed by atoms with Gasteiger partial charge in [0.2, 0.25) is 5.91 Å². The summed E-state index contributed by atoms with van der Waals surface area (Å²) >= 11 is 1.46. The zero-order valence-corrected chi connectivity index (χ0v) is 10.5. The average molecular weight is 243 g/mol. The number of hydrogen-bond acceptors (Lipinski definition) is 4. The molecule has 0 aromatic carbocycles. The Labute approximate surface area is 99.4 Å². The van der Waals surface area contributed by atoms with Crippen LogP contribution in [0.1, 0.15) is 19.6 Å². The summed E-state index contributed by atoms with van der Waals surface area (Å²) in [5, 5.41) is 12.6. The molecule has 0 saturated heterocycles. The van der Waals surface area contributed by atoms with Crippen LogP contribution < -0.4 is 5.32 Å². The van der Waals surface area contributed by atoms with Crippen LogP contribution in [0, 0.1) is 0 Å². The first kappa shape index (κ1) is 13.1. The van der Waals surface area contributed by atoms with Gasteiger partial charge in [-0.15, -0.1) is 0 Å². The standard InChI is InChI=1S/C11H17NO3S/c1-8(16-3)10(13)12-7-11(2,14)9-5-4-6-15-9/h4-6,8,14H,7H2,1-3H3,(H,12,13). The lowest BCUT2D eigenvalue weighted by atomic mass is 10.0. The Hall–Kier alpha value is -0.940. The fourth-order valence-electron chi connectivity index (χ4n) is 1.18. The molecular formula is C11H17NO3S. The lowest BCUT2D eigenvalue weighted by Gasteiger charge is -2.22. The molecule has 0 fully saturated rings. The summed E-state index contributed by atoms with van der Waals surface area (Å²) in [4.78, 5) is 11.5. The maximum atomic E-state index is 11.5. The number of amides is 1. The highest BCUT2D eigenvalue weighted by molar-refractivity contribution is 7.99. The highest BCUT2D eigenvalue weighted by Gasteiger charge is 2.27. The van der Waals surface area contributed by atoms with E-state index < -0.39 is 5.60 Å². The zero-order chi connectivity index (χ0) is 12.2. The second kappa shape index (κ2) is 5.41. The van der Waals surface area contributed by atoms with E-state index in [9.17, 15) is 9.90 Å². The summed E-state index contributed by atoms with van der Waals surface area (Å²) in [6, 6.07) is 3.39. The van der Waals surface area contributed by atoms with Gasteiger partial charge in [0.15, 0.2) is 0 Å². The molecule has 0 radical (unpaired) electrons. The number of nitrogens with one attached hydrogen (secondary N) is 1. The topological polar surface area (TPSA) is 62.5 Å². The van der Waals surface area contributed by atoms with E-state index in [1.165, 1.54) is 18.0 Å². The van der Waals surface area contributed by atoms with Crippen molar-refractivity contribution in [3.63, 3.8) is 0 Å². The van der Waals surface area contributed by atoms with Gasteiger partial charge in [0.05, 0.1) is 18.1 Å². The Balaban J connectivity index is 2.52. The van der Waals surface area contributed by atoms with Crippen molar-refractivity contribution in [2.24, 2.45) is 0 Å². The SMILES string of the molecule is CSC(C)C(=O)NCC(C)(O)c1ccco1. The molecule has 0 bridgehead atoms. The Kier molecular flexibility index (Phi) is 4.44. The average Bonchev–Trinajstić information content (AvgIpc) is 2.78. The van der Waals surface area contributed by atoms with E-state index in [-0.39, 0.29) is 17.7 Å². The molecule has 0 spiro atoms. The normalized spacial score (nSPS) is 16.5. The smallest absolute Gasteiger partial charge is 0.232 e. The van der Waals surface area contributed by atoms with Crippen LogP contribution in [-0.2, 0) is 10.4 Å². The van der Waals surface area contributed by atoms with Gasteiger partial charge < -0.3 is 14.8 Å². The van der Waals surface area contributed by atoms with Crippen LogP contribution in [0.4, 0.5) is 0 Å². The van der Waals surface area contributed by atoms with Crippen molar-refractivity contribution in [3.05, 3.63) is 24.2 Å². The van der Waals surface area contributed by atoms with Crippen LogP contribution in [0.2, 0.25) is 0 Å². The van der Waals surface area contributed by atoms with Gasteiger partial charge >= 0.3 is 0 Å². The van der Waals surface area contributed by atoms with E-state index in [2.05, 4.69) is 5.32 Å². The highest BCUT2D eigenvalue weighted by Crippen LogP contribution is 2.19. The number of carbonyl (C=O) groups is 1. The molecule has 0 aliphatic heterocycles. The molecule has 1 rings (SSSR count). The molecule has 1 heterocycles. The number of thioether (sulfide) groups is 1. The molecule has 1 aromatic heterocycles. The first-order valence-corrected chi connectivity index (χ1v) is 6.33. The zero-order valence-electron chi connectivity index (χ0n) is 9.69. The van der Waals surface area contributed by atoms with Crippen molar-refractivity contribution in [1.29, 1.82) is 0 Å². The second-order valence-corrected chi connectivity index (χ2v) is 5.03. The molecule has 0 aliphatic carbocycles. The minimum Gasteiger partial charge on any atom is -0.466 e. The predicted octanol–water partition coefficient (Wildman–Crippen LogP) is 1.35. The number of aliphatic hydroxyl groups is 1. The van der Waals surface area contributed by atoms with E-state index in [0.29, 0.717) is 5.76 Å². The predicted molar refractivity (Wildman–Crippen MR) is 64.3 cm³/mol. The van der Waals surface area contributed by atoms with Gasteiger partial charge in [-0.05, 0) is 32.2 Å². The largest absolute Gasteiger partial charge is 0.466 e. The summed E-state index contributed by atoms with van der Waals surface area (Å²) in [6.07, 6.45) is 3.37. The monoisotopic (exact) mass is 243 g/mol. The van der Waals surface area contributed by atoms with Crippen molar-refractivity contribution in [3.8, 4) is 0 Å². The Morgan fingerprint density at radius 1 is 1.75 bits per heavy atom.